The molecule has 0 saturated carbocycles. The van der Waals surface area contributed by atoms with Crippen molar-refractivity contribution in [2.45, 2.75) is 38.8 Å². The average Bonchev–Trinajstić information content (AvgIpc) is 3.23. The van der Waals surface area contributed by atoms with Gasteiger partial charge in [-0.3, -0.25) is 5.10 Å². The van der Waals surface area contributed by atoms with Crippen LogP contribution >= 0.6 is 0 Å². The molecule has 1 aliphatic rings. The molecule has 120 valence electrons. The molecule has 22 heavy (non-hydrogen) atoms. The summed E-state index contributed by atoms with van der Waals surface area (Å²) in [6.45, 7) is 2.71. The second-order valence-electron chi connectivity index (χ2n) is 5.35. The van der Waals surface area contributed by atoms with Crippen molar-refractivity contribution in [2.24, 2.45) is 0 Å². The number of hydrogen-bond acceptors (Lipinski definition) is 4. The maximum Gasteiger partial charge on any atom is 0.280 e. The standard InChI is InChI=1S/C14H20N4O3S/c1-2-11-9-12(17-16-11)10-15-22(19,20)18-7-3-5-13(18)14-6-4-8-21-14/h4,6,8-9,13,15H,2-3,5,7,10H2,1H3,(H,16,17). The largest absolute Gasteiger partial charge is 0.468 e. The number of nitrogens with one attached hydrogen (secondary N) is 2. The lowest BCUT2D eigenvalue weighted by Crippen LogP contribution is -2.39. The molecule has 0 aliphatic carbocycles. The van der Waals surface area contributed by atoms with Crippen LogP contribution in [-0.2, 0) is 23.2 Å². The van der Waals surface area contributed by atoms with Crippen LogP contribution in [0.2, 0.25) is 0 Å². The summed E-state index contributed by atoms with van der Waals surface area (Å²) >= 11 is 0. The van der Waals surface area contributed by atoms with E-state index >= 15 is 0 Å². The molecular formula is C14H20N4O3S. The van der Waals surface area contributed by atoms with Gasteiger partial charge in [-0.2, -0.15) is 22.5 Å². The molecule has 2 N–H and O–H groups in total. The highest BCUT2D eigenvalue weighted by molar-refractivity contribution is 7.87. The molecule has 0 amide bonds. The monoisotopic (exact) mass is 324 g/mol. The number of H-pyrrole nitrogens is 1. The van der Waals surface area contributed by atoms with Gasteiger partial charge in [-0.05, 0) is 37.5 Å². The van der Waals surface area contributed by atoms with Gasteiger partial charge in [0.25, 0.3) is 10.2 Å². The lowest BCUT2D eigenvalue weighted by atomic mass is 10.2. The van der Waals surface area contributed by atoms with Crippen LogP contribution in [0.5, 0.6) is 0 Å². The summed E-state index contributed by atoms with van der Waals surface area (Å²) in [4.78, 5) is 0. The summed E-state index contributed by atoms with van der Waals surface area (Å²) < 4.78 is 34.5. The van der Waals surface area contributed by atoms with E-state index in [2.05, 4.69) is 14.9 Å². The van der Waals surface area contributed by atoms with E-state index < -0.39 is 10.2 Å². The first-order chi connectivity index (χ1) is 10.6. The molecule has 2 aromatic rings. The van der Waals surface area contributed by atoms with E-state index in [0.717, 1.165) is 30.7 Å². The molecule has 1 fully saturated rings. The molecular weight excluding hydrogens is 304 g/mol. The van der Waals surface area contributed by atoms with E-state index in [-0.39, 0.29) is 12.6 Å². The predicted octanol–water partition coefficient (Wildman–Crippen LogP) is 1.74. The van der Waals surface area contributed by atoms with E-state index in [4.69, 9.17) is 4.42 Å². The van der Waals surface area contributed by atoms with Crippen molar-refractivity contribution in [2.75, 3.05) is 6.54 Å². The number of aromatic amines is 1. The van der Waals surface area contributed by atoms with Crippen molar-refractivity contribution in [3.05, 3.63) is 41.6 Å². The Bertz CT molecular complexity index is 708. The zero-order chi connectivity index (χ0) is 15.6. The van der Waals surface area contributed by atoms with Gasteiger partial charge in [0.1, 0.15) is 5.76 Å². The highest BCUT2D eigenvalue weighted by atomic mass is 32.2. The second kappa shape index (κ2) is 6.23. The molecule has 3 rings (SSSR count). The Balaban J connectivity index is 1.69. The molecule has 0 bridgehead atoms. The van der Waals surface area contributed by atoms with E-state index in [1.165, 1.54) is 4.31 Å². The number of nitrogens with zero attached hydrogens (tertiary/aromatic N) is 2. The van der Waals surface area contributed by atoms with Gasteiger partial charge in [-0.15, -0.1) is 0 Å². The van der Waals surface area contributed by atoms with Gasteiger partial charge in [-0.25, -0.2) is 0 Å². The lowest BCUT2D eigenvalue weighted by molar-refractivity contribution is 0.335. The van der Waals surface area contributed by atoms with Crippen LogP contribution in [0.4, 0.5) is 0 Å². The van der Waals surface area contributed by atoms with Crippen LogP contribution in [0.25, 0.3) is 0 Å². The minimum absolute atomic E-state index is 0.205. The summed E-state index contributed by atoms with van der Waals surface area (Å²) in [7, 11) is -3.56. The van der Waals surface area contributed by atoms with E-state index in [1.54, 1.807) is 12.3 Å². The number of rotatable bonds is 6. The quantitative estimate of drug-likeness (QED) is 0.846. The van der Waals surface area contributed by atoms with Gasteiger partial charge in [0.2, 0.25) is 0 Å². The van der Waals surface area contributed by atoms with Crippen LogP contribution in [-0.4, -0.2) is 29.5 Å². The maximum atomic E-state index is 12.5. The number of aromatic nitrogens is 2. The molecule has 1 saturated heterocycles. The Hall–Kier alpha value is -1.64. The topological polar surface area (TPSA) is 91.2 Å². The second-order valence-corrected chi connectivity index (χ2v) is 7.06. The van der Waals surface area contributed by atoms with Crippen LogP contribution in [0.1, 0.15) is 43.0 Å². The molecule has 1 atom stereocenters. The zero-order valence-electron chi connectivity index (χ0n) is 12.4. The summed E-state index contributed by atoms with van der Waals surface area (Å²) in [5.41, 5.74) is 1.68. The predicted molar refractivity (Wildman–Crippen MR) is 81.1 cm³/mol. The van der Waals surface area contributed by atoms with Crippen LogP contribution in [0, 0.1) is 0 Å². The van der Waals surface area contributed by atoms with Crippen molar-refractivity contribution in [3.8, 4) is 0 Å². The summed E-state index contributed by atoms with van der Waals surface area (Å²) in [5, 5.41) is 6.94. The molecule has 8 heteroatoms. The molecule has 0 spiro atoms. The molecule has 2 aromatic heterocycles. The third-order valence-electron chi connectivity index (χ3n) is 3.88. The third-order valence-corrected chi connectivity index (χ3v) is 5.44. The van der Waals surface area contributed by atoms with Crippen LogP contribution in [0.15, 0.2) is 28.9 Å². The Kier molecular flexibility index (Phi) is 4.32. The Labute approximate surface area is 129 Å². The molecule has 1 aliphatic heterocycles. The first-order valence-electron chi connectivity index (χ1n) is 7.43. The number of aryl methyl sites for hydroxylation is 1. The van der Waals surface area contributed by atoms with Gasteiger partial charge in [0.15, 0.2) is 0 Å². The summed E-state index contributed by atoms with van der Waals surface area (Å²) in [5.74, 6) is 0.692. The number of furan rings is 1. The van der Waals surface area contributed by atoms with E-state index in [1.807, 2.05) is 19.1 Å². The first kappa shape index (κ1) is 15.3. The van der Waals surface area contributed by atoms with Crippen LogP contribution < -0.4 is 4.72 Å². The summed E-state index contributed by atoms with van der Waals surface area (Å²) in [6.07, 6.45) is 3.99. The van der Waals surface area contributed by atoms with E-state index in [0.29, 0.717) is 12.3 Å². The molecule has 1 unspecified atom stereocenters. The van der Waals surface area contributed by atoms with E-state index in [9.17, 15) is 8.42 Å². The van der Waals surface area contributed by atoms with Gasteiger partial charge in [0.05, 0.1) is 30.2 Å². The SMILES string of the molecule is CCc1cc(CNS(=O)(=O)N2CCCC2c2ccco2)[nH]n1. The summed E-state index contributed by atoms with van der Waals surface area (Å²) in [6, 6.07) is 5.25. The zero-order valence-corrected chi connectivity index (χ0v) is 13.3. The molecule has 7 nitrogen and oxygen atoms in total. The fourth-order valence-corrected chi connectivity index (χ4v) is 4.14. The normalized spacial score (nSPS) is 19.8. The maximum absolute atomic E-state index is 12.5. The van der Waals surface area contributed by atoms with Crippen molar-refractivity contribution >= 4 is 10.2 Å². The molecule has 3 heterocycles. The minimum atomic E-state index is -3.56. The molecule has 0 aromatic carbocycles. The fourth-order valence-electron chi connectivity index (χ4n) is 2.73. The Morgan fingerprint density at radius 1 is 1.55 bits per heavy atom. The average molecular weight is 324 g/mol. The fraction of sp³-hybridized carbons (Fsp3) is 0.500. The van der Waals surface area contributed by atoms with Crippen molar-refractivity contribution in [1.29, 1.82) is 0 Å². The smallest absolute Gasteiger partial charge is 0.280 e. The van der Waals surface area contributed by atoms with Crippen molar-refractivity contribution in [3.63, 3.8) is 0 Å². The minimum Gasteiger partial charge on any atom is -0.468 e. The van der Waals surface area contributed by atoms with Crippen molar-refractivity contribution in [1.82, 2.24) is 19.2 Å². The van der Waals surface area contributed by atoms with Gasteiger partial charge in [0, 0.05) is 6.54 Å². The molecule has 0 radical (unpaired) electrons. The Morgan fingerprint density at radius 3 is 3.09 bits per heavy atom. The Morgan fingerprint density at radius 2 is 2.41 bits per heavy atom. The lowest BCUT2D eigenvalue weighted by Gasteiger charge is -2.22. The first-order valence-corrected chi connectivity index (χ1v) is 8.87. The number of hydrogen-bond donors (Lipinski definition) is 2. The van der Waals surface area contributed by atoms with Gasteiger partial charge >= 0.3 is 0 Å². The van der Waals surface area contributed by atoms with Gasteiger partial charge in [-0.1, -0.05) is 6.92 Å². The van der Waals surface area contributed by atoms with Crippen molar-refractivity contribution < 1.29 is 12.8 Å². The van der Waals surface area contributed by atoms with Gasteiger partial charge < -0.3 is 4.42 Å². The third kappa shape index (κ3) is 3.08. The highest BCUT2D eigenvalue weighted by Gasteiger charge is 2.36. The highest BCUT2D eigenvalue weighted by Crippen LogP contribution is 2.33. The van der Waals surface area contributed by atoms with Crippen LogP contribution in [0.3, 0.4) is 0 Å².